The van der Waals surface area contributed by atoms with Crippen molar-refractivity contribution in [3.05, 3.63) is 33.7 Å². The molecule has 3 aromatic heterocycles. The van der Waals surface area contributed by atoms with Crippen molar-refractivity contribution in [2.24, 2.45) is 0 Å². The van der Waals surface area contributed by atoms with E-state index < -0.39 is 0 Å². The highest BCUT2D eigenvalue weighted by molar-refractivity contribution is 7.99. The summed E-state index contributed by atoms with van der Waals surface area (Å²) in [6, 6.07) is 0. The van der Waals surface area contributed by atoms with E-state index in [4.69, 9.17) is 8.94 Å². The van der Waals surface area contributed by atoms with Crippen LogP contribution in [0.5, 0.6) is 0 Å². The minimum Gasteiger partial charge on any atom is -0.416 e. The maximum Gasteiger partial charge on any atom is 0.277 e. The maximum absolute atomic E-state index is 5.66. The van der Waals surface area contributed by atoms with Gasteiger partial charge in [0.05, 0.1) is 22.4 Å². The molecule has 122 valence electrons. The highest BCUT2D eigenvalue weighted by atomic mass is 32.2. The Kier molecular flexibility index (Phi) is 4.76. The molecule has 1 atom stereocenters. The van der Waals surface area contributed by atoms with Gasteiger partial charge in [0.2, 0.25) is 11.8 Å². The summed E-state index contributed by atoms with van der Waals surface area (Å²) in [5.74, 6) is 2.06. The quantitative estimate of drug-likeness (QED) is 0.620. The summed E-state index contributed by atoms with van der Waals surface area (Å²) in [7, 11) is 0. The standard InChI is InChI=1S/C14H17N5O2S2/c1-7(2)12-16-13(21-19-12)8(3)23-14-18-17-11(20-14)5-10-6-22-9(4)15-10/h6-8H,5H2,1-4H3/t8-/m0/s1. The molecule has 23 heavy (non-hydrogen) atoms. The summed E-state index contributed by atoms with van der Waals surface area (Å²) in [6.07, 6.45) is 0.546. The fourth-order valence-corrected chi connectivity index (χ4v) is 3.19. The Morgan fingerprint density at radius 1 is 1.22 bits per heavy atom. The van der Waals surface area contributed by atoms with E-state index in [1.165, 1.54) is 11.8 Å². The Hall–Kier alpha value is -1.74. The Balaban J connectivity index is 1.63. The number of nitrogens with zero attached hydrogens (tertiary/aromatic N) is 5. The first-order chi connectivity index (χ1) is 11.0. The lowest BCUT2D eigenvalue weighted by atomic mass is 10.2. The highest BCUT2D eigenvalue weighted by Crippen LogP contribution is 2.33. The number of hydrogen-bond donors (Lipinski definition) is 0. The molecule has 0 amide bonds. The van der Waals surface area contributed by atoms with E-state index >= 15 is 0 Å². The molecule has 0 radical (unpaired) electrons. The van der Waals surface area contributed by atoms with Gasteiger partial charge in [-0.2, -0.15) is 4.98 Å². The molecule has 3 aromatic rings. The van der Waals surface area contributed by atoms with E-state index in [1.54, 1.807) is 11.3 Å². The largest absolute Gasteiger partial charge is 0.416 e. The van der Waals surface area contributed by atoms with Crippen LogP contribution in [0, 0.1) is 6.92 Å². The van der Waals surface area contributed by atoms with Gasteiger partial charge >= 0.3 is 0 Å². The zero-order valence-corrected chi connectivity index (χ0v) is 14.9. The van der Waals surface area contributed by atoms with Crippen LogP contribution in [0.1, 0.15) is 60.2 Å². The fourth-order valence-electron chi connectivity index (χ4n) is 1.85. The molecule has 0 unspecified atom stereocenters. The van der Waals surface area contributed by atoms with Crippen LogP contribution < -0.4 is 0 Å². The van der Waals surface area contributed by atoms with Crippen LogP contribution in [-0.4, -0.2) is 25.3 Å². The third-order valence-corrected chi connectivity index (χ3v) is 4.79. The number of aryl methyl sites for hydroxylation is 1. The number of aromatic nitrogens is 5. The zero-order valence-electron chi connectivity index (χ0n) is 13.3. The first-order valence-corrected chi connectivity index (χ1v) is 9.00. The van der Waals surface area contributed by atoms with E-state index in [-0.39, 0.29) is 11.2 Å². The highest BCUT2D eigenvalue weighted by Gasteiger charge is 2.20. The predicted molar refractivity (Wildman–Crippen MR) is 86.6 cm³/mol. The minimum atomic E-state index is -0.0511. The second-order valence-corrected chi connectivity index (χ2v) is 7.76. The van der Waals surface area contributed by atoms with Crippen LogP contribution in [0.2, 0.25) is 0 Å². The molecule has 0 fully saturated rings. The fraction of sp³-hybridized carbons (Fsp3) is 0.500. The van der Waals surface area contributed by atoms with Crippen molar-refractivity contribution in [1.82, 2.24) is 25.3 Å². The van der Waals surface area contributed by atoms with Gasteiger partial charge < -0.3 is 8.94 Å². The average Bonchev–Trinajstić information content (AvgIpc) is 3.20. The van der Waals surface area contributed by atoms with Gasteiger partial charge in [0, 0.05) is 11.3 Å². The molecule has 0 saturated carbocycles. The number of rotatable bonds is 6. The Labute approximate surface area is 141 Å². The van der Waals surface area contributed by atoms with Crippen molar-refractivity contribution in [1.29, 1.82) is 0 Å². The lowest BCUT2D eigenvalue weighted by molar-refractivity contribution is 0.371. The van der Waals surface area contributed by atoms with Crippen LogP contribution in [0.25, 0.3) is 0 Å². The average molecular weight is 351 g/mol. The minimum absolute atomic E-state index is 0.0511. The Morgan fingerprint density at radius 2 is 2.04 bits per heavy atom. The van der Waals surface area contributed by atoms with Gasteiger partial charge in [0.1, 0.15) is 0 Å². The van der Waals surface area contributed by atoms with Crippen molar-refractivity contribution in [3.63, 3.8) is 0 Å². The van der Waals surface area contributed by atoms with Crippen LogP contribution in [0.3, 0.4) is 0 Å². The summed E-state index contributed by atoms with van der Waals surface area (Å²) in [5.41, 5.74) is 0.944. The number of hydrogen-bond acceptors (Lipinski definition) is 9. The molecule has 7 nitrogen and oxygen atoms in total. The molecule has 0 spiro atoms. The van der Waals surface area contributed by atoms with Gasteiger partial charge in [-0.3, -0.25) is 0 Å². The topological polar surface area (TPSA) is 90.7 Å². The van der Waals surface area contributed by atoms with Crippen LogP contribution in [0.4, 0.5) is 0 Å². The molecule has 0 aliphatic carbocycles. The first-order valence-electron chi connectivity index (χ1n) is 7.25. The van der Waals surface area contributed by atoms with Crippen LogP contribution in [0.15, 0.2) is 19.5 Å². The summed E-state index contributed by atoms with van der Waals surface area (Å²) in [6.45, 7) is 7.99. The van der Waals surface area contributed by atoms with Crippen molar-refractivity contribution < 1.29 is 8.94 Å². The van der Waals surface area contributed by atoms with E-state index in [0.29, 0.717) is 29.2 Å². The molecule has 0 saturated heterocycles. The Bertz CT molecular complexity index is 780. The van der Waals surface area contributed by atoms with Crippen molar-refractivity contribution in [3.8, 4) is 0 Å². The second-order valence-electron chi connectivity index (χ2n) is 5.40. The number of thiazole rings is 1. The molecule has 0 aliphatic heterocycles. The van der Waals surface area contributed by atoms with E-state index in [2.05, 4.69) is 25.3 Å². The molecule has 9 heteroatoms. The van der Waals surface area contributed by atoms with E-state index in [1.807, 2.05) is 33.1 Å². The van der Waals surface area contributed by atoms with Crippen molar-refractivity contribution >= 4 is 23.1 Å². The molecule has 0 bridgehead atoms. The molecule has 0 aromatic carbocycles. The van der Waals surface area contributed by atoms with Crippen molar-refractivity contribution in [2.45, 2.75) is 50.5 Å². The SMILES string of the molecule is Cc1nc(Cc2nnc(S[C@@H](C)c3nc(C(C)C)no3)o2)cs1. The molecule has 3 rings (SSSR count). The monoisotopic (exact) mass is 351 g/mol. The predicted octanol–water partition coefficient (Wildman–Crippen LogP) is 3.79. The summed E-state index contributed by atoms with van der Waals surface area (Å²) in [4.78, 5) is 8.78. The molecular weight excluding hydrogens is 334 g/mol. The molecule has 0 aliphatic rings. The lowest BCUT2D eigenvalue weighted by Gasteiger charge is -2.01. The van der Waals surface area contributed by atoms with Gasteiger partial charge in [-0.25, -0.2) is 4.98 Å². The Morgan fingerprint density at radius 3 is 2.70 bits per heavy atom. The number of thioether (sulfide) groups is 1. The maximum atomic E-state index is 5.66. The van der Waals surface area contributed by atoms with Crippen LogP contribution >= 0.6 is 23.1 Å². The third kappa shape index (κ3) is 3.97. The molecular formula is C14H17N5O2S2. The summed E-state index contributed by atoms with van der Waals surface area (Å²) < 4.78 is 10.9. The molecule has 0 N–H and O–H groups in total. The van der Waals surface area contributed by atoms with Crippen molar-refractivity contribution in [2.75, 3.05) is 0 Å². The smallest absolute Gasteiger partial charge is 0.277 e. The van der Waals surface area contributed by atoms with Gasteiger partial charge in [0.15, 0.2) is 5.82 Å². The third-order valence-electron chi connectivity index (χ3n) is 3.05. The van der Waals surface area contributed by atoms with Crippen LogP contribution in [-0.2, 0) is 6.42 Å². The molecule has 3 heterocycles. The zero-order chi connectivity index (χ0) is 16.4. The second kappa shape index (κ2) is 6.79. The first kappa shape index (κ1) is 16.1. The summed E-state index contributed by atoms with van der Waals surface area (Å²) in [5, 5.41) is 15.6. The van der Waals surface area contributed by atoms with Gasteiger partial charge in [0.25, 0.3) is 5.22 Å². The van der Waals surface area contributed by atoms with E-state index in [9.17, 15) is 0 Å². The van der Waals surface area contributed by atoms with Gasteiger partial charge in [-0.05, 0) is 13.8 Å². The normalized spacial score (nSPS) is 12.9. The van der Waals surface area contributed by atoms with Gasteiger partial charge in [-0.15, -0.1) is 21.5 Å². The van der Waals surface area contributed by atoms with Gasteiger partial charge in [-0.1, -0.05) is 30.8 Å². The lowest BCUT2D eigenvalue weighted by Crippen LogP contribution is -1.92. The van der Waals surface area contributed by atoms with E-state index in [0.717, 1.165) is 10.7 Å². The summed E-state index contributed by atoms with van der Waals surface area (Å²) >= 11 is 3.01.